The molecule has 0 amide bonds. The SMILES string of the molecule is CC(CC(=O)C1C(C)C=CCC1(C)C)NCc1ccccc1. The molecule has 0 saturated heterocycles. The highest BCUT2D eigenvalue weighted by Crippen LogP contribution is 2.41. The van der Waals surface area contributed by atoms with Gasteiger partial charge in [0.25, 0.3) is 0 Å². The van der Waals surface area contributed by atoms with Crippen LogP contribution in [0, 0.1) is 17.3 Å². The van der Waals surface area contributed by atoms with E-state index in [1.54, 1.807) is 0 Å². The van der Waals surface area contributed by atoms with Gasteiger partial charge in [0.05, 0.1) is 0 Å². The lowest BCUT2D eigenvalue weighted by atomic mass is 9.65. The van der Waals surface area contributed by atoms with Crippen molar-refractivity contribution >= 4 is 5.78 Å². The number of nitrogens with one attached hydrogen (secondary N) is 1. The summed E-state index contributed by atoms with van der Waals surface area (Å²) < 4.78 is 0. The van der Waals surface area contributed by atoms with E-state index >= 15 is 0 Å². The van der Waals surface area contributed by atoms with Crippen LogP contribution in [0.3, 0.4) is 0 Å². The Morgan fingerprint density at radius 3 is 2.64 bits per heavy atom. The van der Waals surface area contributed by atoms with Gasteiger partial charge >= 0.3 is 0 Å². The number of ketones is 1. The van der Waals surface area contributed by atoms with Crippen molar-refractivity contribution < 1.29 is 4.79 Å². The molecule has 0 radical (unpaired) electrons. The Balaban J connectivity index is 1.89. The molecule has 1 aliphatic carbocycles. The van der Waals surface area contributed by atoms with Gasteiger partial charge in [-0.3, -0.25) is 4.79 Å². The number of benzene rings is 1. The van der Waals surface area contributed by atoms with Gasteiger partial charge in [-0.05, 0) is 30.2 Å². The predicted octanol–water partition coefficient (Wildman–Crippen LogP) is 4.36. The minimum absolute atomic E-state index is 0.0738. The molecule has 0 aromatic heterocycles. The summed E-state index contributed by atoms with van der Waals surface area (Å²) >= 11 is 0. The largest absolute Gasteiger partial charge is 0.310 e. The fourth-order valence-electron chi connectivity index (χ4n) is 3.65. The zero-order valence-corrected chi connectivity index (χ0v) is 14.3. The summed E-state index contributed by atoms with van der Waals surface area (Å²) in [6.45, 7) is 9.53. The first-order valence-corrected chi connectivity index (χ1v) is 8.37. The van der Waals surface area contributed by atoms with E-state index in [4.69, 9.17) is 0 Å². The van der Waals surface area contributed by atoms with Crippen molar-refractivity contribution in [2.24, 2.45) is 17.3 Å². The molecule has 2 heteroatoms. The highest BCUT2D eigenvalue weighted by atomic mass is 16.1. The third-order valence-electron chi connectivity index (χ3n) is 4.80. The molecular weight excluding hydrogens is 270 g/mol. The van der Waals surface area contributed by atoms with Crippen molar-refractivity contribution in [1.82, 2.24) is 5.32 Å². The van der Waals surface area contributed by atoms with Crippen LogP contribution in [0.2, 0.25) is 0 Å². The van der Waals surface area contributed by atoms with Crippen LogP contribution in [0.5, 0.6) is 0 Å². The maximum atomic E-state index is 12.8. The van der Waals surface area contributed by atoms with Crippen molar-refractivity contribution in [2.45, 2.75) is 53.1 Å². The number of carbonyl (C=O) groups is 1. The zero-order valence-electron chi connectivity index (χ0n) is 14.3. The van der Waals surface area contributed by atoms with E-state index in [1.165, 1.54) is 5.56 Å². The van der Waals surface area contributed by atoms with Crippen molar-refractivity contribution in [2.75, 3.05) is 0 Å². The topological polar surface area (TPSA) is 29.1 Å². The summed E-state index contributed by atoms with van der Waals surface area (Å²) in [5.74, 6) is 0.881. The quantitative estimate of drug-likeness (QED) is 0.791. The molecule has 0 spiro atoms. The number of hydrogen-bond donors (Lipinski definition) is 1. The second kappa shape index (κ2) is 7.23. The van der Waals surface area contributed by atoms with E-state index in [2.05, 4.69) is 57.3 Å². The molecule has 0 saturated carbocycles. The summed E-state index contributed by atoms with van der Waals surface area (Å²) in [4.78, 5) is 12.8. The number of hydrogen-bond acceptors (Lipinski definition) is 2. The molecule has 120 valence electrons. The van der Waals surface area contributed by atoms with Gasteiger partial charge in [0.1, 0.15) is 5.78 Å². The van der Waals surface area contributed by atoms with Gasteiger partial charge in [-0.25, -0.2) is 0 Å². The van der Waals surface area contributed by atoms with Crippen molar-refractivity contribution in [3.63, 3.8) is 0 Å². The fraction of sp³-hybridized carbons (Fsp3) is 0.550. The molecule has 0 aliphatic heterocycles. The molecular formula is C20H29NO. The van der Waals surface area contributed by atoms with Gasteiger partial charge < -0.3 is 5.32 Å². The van der Waals surface area contributed by atoms with Crippen LogP contribution >= 0.6 is 0 Å². The lowest BCUT2D eigenvalue weighted by Gasteiger charge is -2.39. The molecule has 22 heavy (non-hydrogen) atoms. The third-order valence-corrected chi connectivity index (χ3v) is 4.80. The molecule has 1 aliphatic rings. The average molecular weight is 299 g/mol. The lowest BCUT2D eigenvalue weighted by molar-refractivity contribution is -0.128. The van der Waals surface area contributed by atoms with Crippen LogP contribution in [0.1, 0.15) is 46.1 Å². The van der Waals surface area contributed by atoms with Crippen LogP contribution < -0.4 is 5.32 Å². The Labute approximate surface area is 135 Å². The Morgan fingerprint density at radius 1 is 1.32 bits per heavy atom. The molecule has 1 N–H and O–H groups in total. The van der Waals surface area contributed by atoms with E-state index in [9.17, 15) is 4.79 Å². The van der Waals surface area contributed by atoms with Gasteiger partial charge in [0.2, 0.25) is 0 Å². The molecule has 1 aromatic carbocycles. The second-order valence-corrected chi connectivity index (χ2v) is 7.40. The summed E-state index contributed by atoms with van der Waals surface area (Å²) in [5.41, 5.74) is 1.33. The molecule has 0 bridgehead atoms. The lowest BCUT2D eigenvalue weighted by Crippen LogP contribution is -2.40. The van der Waals surface area contributed by atoms with Crippen molar-refractivity contribution in [1.29, 1.82) is 0 Å². The number of allylic oxidation sites excluding steroid dienone is 2. The molecule has 3 unspecified atom stereocenters. The minimum Gasteiger partial charge on any atom is -0.310 e. The average Bonchev–Trinajstić information content (AvgIpc) is 2.45. The van der Waals surface area contributed by atoms with Crippen LogP contribution in [-0.4, -0.2) is 11.8 Å². The maximum Gasteiger partial charge on any atom is 0.138 e. The Morgan fingerprint density at radius 2 is 2.00 bits per heavy atom. The first kappa shape index (κ1) is 17.0. The highest BCUT2D eigenvalue weighted by molar-refractivity contribution is 5.83. The van der Waals surface area contributed by atoms with Crippen molar-refractivity contribution in [3.8, 4) is 0 Å². The van der Waals surface area contributed by atoms with Gasteiger partial charge in [0.15, 0.2) is 0 Å². The minimum atomic E-state index is 0.0738. The van der Waals surface area contributed by atoms with Gasteiger partial charge in [-0.1, -0.05) is 63.3 Å². The molecule has 0 heterocycles. The van der Waals surface area contributed by atoms with E-state index < -0.39 is 0 Å². The number of rotatable bonds is 6. The molecule has 2 rings (SSSR count). The first-order chi connectivity index (χ1) is 10.4. The third kappa shape index (κ3) is 4.30. The van der Waals surface area contributed by atoms with Gasteiger partial charge in [-0.2, -0.15) is 0 Å². The molecule has 1 aromatic rings. The molecule has 2 nitrogen and oxygen atoms in total. The maximum absolute atomic E-state index is 12.8. The Hall–Kier alpha value is -1.41. The summed E-state index contributed by atoms with van der Waals surface area (Å²) in [6, 6.07) is 10.5. The van der Waals surface area contributed by atoms with E-state index in [1.807, 2.05) is 18.2 Å². The van der Waals surface area contributed by atoms with Gasteiger partial charge in [-0.15, -0.1) is 0 Å². The van der Waals surface area contributed by atoms with Crippen LogP contribution in [-0.2, 0) is 11.3 Å². The van der Waals surface area contributed by atoms with Gasteiger partial charge in [0, 0.05) is 24.9 Å². The second-order valence-electron chi connectivity index (χ2n) is 7.40. The van der Waals surface area contributed by atoms with E-state index in [0.717, 1.165) is 13.0 Å². The normalized spacial score (nSPS) is 24.9. The molecule has 0 fully saturated rings. The van der Waals surface area contributed by atoms with E-state index in [-0.39, 0.29) is 17.4 Å². The number of Topliss-reactive ketones (excluding diaryl/α,β-unsaturated/α-hetero) is 1. The fourth-order valence-corrected chi connectivity index (χ4v) is 3.65. The number of carbonyl (C=O) groups excluding carboxylic acids is 1. The summed E-state index contributed by atoms with van der Waals surface area (Å²) in [6.07, 6.45) is 6.04. The van der Waals surface area contributed by atoms with Crippen LogP contribution in [0.4, 0.5) is 0 Å². The zero-order chi connectivity index (χ0) is 16.2. The summed E-state index contributed by atoms with van der Waals surface area (Å²) in [7, 11) is 0. The Kier molecular flexibility index (Phi) is 5.57. The van der Waals surface area contributed by atoms with Crippen LogP contribution in [0.15, 0.2) is 42.5 Å². The van der Waals surface area contributed by atoms with Crippen molar-refractivity contribution in [3.05, 3.63) is 48.0 Å². The van der Waals surface area contributed by atoms with Crippen LogP contribution in [0.25, 0.3) is 0 Å². The van der Waals surface area contributed by atoms with E-state index in [0.29, 0.717) is 18.1 Å². The Bertz CT molecular complexity index is 518. The predicted molar refractivity (Wildman–Crippen MR) is 92.6 cm³/mol. The monoisotopic (exact) mass is 299 g/mol. The molecule has 3 atom stereocenters. The smallest absolute Gasteiger partial charge is 0.138 e. The highest BCUT2D eigenvalue weighted by Gasteiger charge is 2.39. The standard InChI is InChI=1S/C20H29NO/c1-15-9-8-12-20(3,4)19(15)18(22)13-16(2)21-14-17-10-6-5-7-11-17/h5-11,15-16,19,21H,12-14H2,1-4H3. The first-order valence-electron chi connectivity index (χ1n) is 8.37. The summed E-state index contributed by atoms with van der Waals surface area (Å²) in [5, 5.41) is 3.47.